The van der Waals surface area contributed by atoms with Gasteiger partial charge in [0.1, 0.15) is 5.03 Å². The molecule has 0 aliphatic carbocycles. The molecule has 2 heterocycles. The quantitative estimate of drug-likeness (QED) is 0.890. The average Bonchev–Trinajstić information content (AvgIpc) is 2.47. The van der Waals surface area contributed by atoms with Crippen LogP contribution in [0, 0.1) is 0 Å². The second-order valence-corrected chi connectivity index (χ2v) is 6.14. The zero-order chi connectivity index (χ0) is 12.4. The number of benzene rings is 1. The summed E-state index contributed by atoms with van der Waals surface area (Å²) >= 11 is 0. The lowest BCUT2D eigenvalue weighted by molar-refractivity contribution is 0.519. The molecule has 5 heteroatoms. The lowest BCUT2D eigenvalue weighted by Crippen LogP contribution is -2.36. The van der Waals surface area contributed by atoms with E-state index in [0.29, 0.717) is 5.03 Å². The van der Waals surface area contributed by atoms with Gasteiger partial charge < -0.3 is 5.32 Å². The van der Waals surface area contributed by atoms with E-state index in [-0.39, 0.29) is 5.25 Å². The number of piperidine rings is 1. The number of nitrogens with one attached hydrogen (secondary N) is 1. The summed E-state index contributed by atoms with van der Waals surface area (Å²) < 4.78 is 12.4. The van der Waals surface area contributed by atoms with Gasteiger partial charge in [0.25, 0.3) is 0 Å². The SMILES string of the molecule is O=[S@](c1cnc2ccccc2n1)[C@@H]1CCCNC1. The maximum atomic E-state index is 12.4. The van der Waals surface area contributed by atoms with E-state index in [1.165, 1.54) is 0 Å². The Balaban J connectivity index is 1.91. The fourth-order valence-electron chi connectivity index (χ4n) is 2.21. The summed E-state index contributed by atoms with van der Waals surface area (Å²) in [5.41, 5.74) is 1.66. The van der Waals surface area contributed by atoms with Crippen LogP contribution in [0.25, 0.3) is 11.0 Å². The summed E-state index contributed by atoms with van der Waals surface area (Å²) in [6.45, 7) is 1.83. The number of hydrogen-bond donors (Lipinski definition) is 1. The van der Waals surface area contributed by atoms with Gasteiger partial charge in [0, 0.05) is 6.54 Å². The largest absolute Gasteiger partial charge is 0.316 e. The molecule has 2 aromatic rings. The lowest BCUT2D eigenvalue weighted by atomic mass is 10.2. The van der Waals surface area contributed by atoms with Crippen molar-refractivity contribution in [2.75, 3.05) is 13.1 Å². The molecule has 1 fully saturated rings. The van der Waals surface area contributed by atoms with Gasteiger partial charge in [-0.15, -0.1) is 0 Å². The minimum atomic E-state index is -1.06. The van der Waals surface area contributed by atoms with Gasteiger partial charge in [-0.1, -0.05) is 12.1 Å². The molecule has 1 aromatic heterocycles. The molecule has 1 aliphatic heterocycles. The van der Waals surface area contributed by atoms with Crippen LogP contribution in [0.15, 0.2) is 35.5 Å². The summed E-state index contributed by atoms with van der Waals surface area (Å²) in [5.74, 6) is 0. The van der Waals surface area contributed by atoms with Crippen molar-refractivity contribution in [3.8, 4) is 0 Å². The van der Waals surface area contributed by atoms with E-state index in [4.69, 9.17) is 0 Å². The molecule has 94 valence electrons. The van der Waals surface area contributed by atoms with Crippen LogP contribution in [-0.2, 0) is 10.8 Å². The monoisotopic (exact) mass is 261 g/mol. The molecule has 4 nitrogen and oxygen atoms in total. The van der Waals surface area contributed by atoms with Crippen LogP contribution >= 0.6 is 0 Å². The highest BCUT2D eigenvalue weighted by Crippen LogP contribution is 2.17. The van der Waals surface area contributed by atoms with E-state index in [1.807, 2.05) is 24.3 Å². The van der Waals surface area contributed by atoms with Crippen LogP contribution < -0.4 is 5.32 Å². The lowest BCUT2D eigenvalue weighted by Gasteiger charge is -2.21. The second kappa shape index (κ2) is 5.12. The third-order valence-electron chi connectivity index (χ3n) is 3.19. The molecule has 3 rings (SSSR count). The molecule has 2 atom stereocenters. The van der Waals surface area contributed by atoms with Crippen LogP contribution in [0.2, 0.25) is 0 Å². The first kappa shape index (κ1) is 11.7. The number of para-hydroxylation sites is 2. The van der Waals surface area contributed by atoms with Gasteiger partial charge in [-0.25, -0.2) is 4.98 Å². The van der Waals surface area contributed by atoms with Gasteiger partial charge in [-0.2, -0.15) is 0 Å². The Bertz CT molecular complexity index is 581. The van der Waals surface area contributed by atoms with E-state index in [0.717, 1.165) is 37.0 Å². The standard InChI is InChI=1S/C13H15N3OS/c17-18(10-4-3-7-14-8-10)13-9-15-11-5-1-2-6-12(11)16-13/h1-2,5-6,9-10,14H,3-4,7-8H2/t10-,18+/m1/s1. The molecule has 1 aliphatic rings. The van der Waals surface area contributed by atoms with Crippen LogP contribution in [0.3, 0.4) is 0 Å². The molecule has 0 bridgehead atoms. The predicted octanol–water partition coefficient (Wildman–Crippen LogP) is 1.49. The molecule has 0 amide bonds. The number of aromatic nitrogens is 2. The summed E-state index contributed by atoms with van der Waals surface area (Å²) in [6, 6.07) is 7.67. The Hall–Kier alpha value is -1.33. The van der Waals surface area contributed by atoms with Gasteiger partial charge >= 0.3 is 0 Å². The van der Waals surface area contributed by atoms with Gasteiger partial charge in [0.2, 0.25) is 0 Å². The minimum absolute atomic E-state index is 0.161. The van der Waals surface area contributed by atoms with Crippen LogP contribution in [0.5, 0.6) is 0 Å². The van der Waals surface area contributed by atoms with E-state index in [9.17, 15) is 4.21 Å². The predicted molar refractivity (Wildman–Crippen MR) is 71.8 cm³/mol. The van der Waals surface area contributed by atoms with Crippen molar-refractivity contribution in [3.05, 3.63) is 30.5 Å². The molecule has 1 aromatic carbocycles. The molecule has 0 unspecified atom stereocenters. The van der Waals surface area contributed by atoms with Gasteiger partial charge in [-0.05, 0) is 31.5 Å². The Labute approximate surface area is 108 Å². The summed E-state index contributed by atoms with van der Waals surface area (Å²) in [4.78, 5) is 8.78. The molecule has 0 spiro atoms. The van der Waals surface area contributed by atoms with E-state index in [2.05, 4.69) is 15.3 Å². The van der Waals surface area contributed by atoms with Crippen LogP contribution in [0.4, 0.5) is 0 Å². The van der Waals surface area contributed by atoms with Crippen molar-refractivity contribution in [2.24, 2.45) is 0 Å². The summed E-state index contributed by atoms with van der Waals surface area (Å²) in [5, 5.41) is 4.04. The highest BCUT2D eigenvalue weighted by molar-refractivity contribution is 7.85. The van der Waals surface area contributed by atoms with E-state index >= 15 is 0 Å². The summed E-state index contributed by atoms with van der Waals surface area (Å²) in [6.07, 6.45) is 3.72. The van der Waals surface area contributed by atoms with E-state index < -0.39 is 10.8 Å². The maximum Gasteiger partial charge on any atom is 0.146 e. The number of rotatable bonds is 2. The third kappa shape index (κ3) is 2.28. The number of hydrogen-bond acceptors (Lipinski definition) is 4. The maximum absolute atomic E-state index is 12.4. The Kier molecular flexibility index (Phi) is 3.34. The number of fused-ring (bicyclic) bond motifs is 1. The van der Waals surface area contributed by atoms with Crippen LogP contribution in [-0.4, -0.2) is 32.5 Å². The van der Waals surface area contributed by atoms with Crippen molar-refractivity contribution in [3.63, 3.8) is 0 Å². The normalized spacial score (nSPS) is 21.9. The topological polar surface area (TPSA) is 54.9 Å². The Morgan fingerprint density at radius 2 is 2.11 bits per heavy atom. The first-order valence-electron chi connectivity index (χ1n) is 6.18. The second-order valence-electron chi connectivity index (χ2n) is 4.46. The van der Waals surface area contributed by atoms with Crippen LogP contribution in [0.1, 0.15) is 12.8 Å². The first-order valence-corrected chi connectivity index (χ1v) is 7.39. The third-order valence-corrected chi connectivity index (χ3v) is 4.80. The molecule has 18 heavy (non-hydrogen) atoms. The molecule has 1 N–H and O–H groups in total. The highest BCUT2D eigenvalue weighted by atomic mass is 32.2. The molecule has 0 radical (unpaired) electrons. The molecular formula is C13H15N3OS. The van der Waals surface area contributed by atoms with Gasteiger partial charge in [0.15, 0.2) is 0 Å². The Morgan fingerprint density at radius 1 is 1.28 bits per heavy atom. The van der Waals surface area contributed by atoms with Crippen molar-refractivity contribution in [1.82, 2.24) is 15.3 Å². The smallest absolute Gasteiger partial charge is 0.146 e. The average molecular weight is 261 g/mol. The van der Waals surface area contributed by atoms with Gasteiger partial charge in [0.05, 0.1) is 33.3 Å². The fourth-order valence-corrected chi connectivity index (χ4v) is 3.55. The van der Waals surface area contributed by atoms with Crippen molar-refractivity contribution >= 4 is 21.8 Å². The molecule has 0 saturated carbocycles. The van der Waals surface area contributed by atoms with Crippen molar-refractivity contribution in [1.29, 1.82) is 0 Å². The van der Waals surface area contributed by atoms with Crippen molar-refractivity contribution < 1.29 is 4.21 Å². The number of nitrogens with zero attached hydrogens (tertiary/aromatic N) is 2. The Morgan fingerprint density at radius 3 is 2.89 bits per heavy atom. The van der Waals surface area contributed by atoms with E-state index in [1.54, 1.807) is 6.20 Å². The van der Waals surface area contributed by atoms with Crippen molar-refractivity contribution in [2.45, 2.75) is 23.1 Å². The fraction of sp³-hybridized carbons (Fsp3) is 0.385. The highest BCUT2D eigenvalue weighted by Gasteiger charge is 2.22. The minimum Gasteiger partial charge on any atom is -0.316 e. The molecular weight excluding hydrogens is 246 g/mol. The first-order chi connectivity index (χ1) is 8.84. The summed E-state index contributed by atoms with van der Waals surface area (Å²) in [7, 11) is -1.06. The van der Waals surface area contributed by atoms with Gasteiger partial charge in [-0.3, -0.25) is 9.19 Å². The zero-order valence-electron chi connectivity index (χ0n) is 10.0. The molecule has 1 saturated heterocycles. The zero-order valence-corrected chi connectivity index (χ0v) is 10.8.